The van der Waals surface area contributed by atoms with E-state index in [0.29, 0.717) is 18.8 Å². The van der Waals surface area contributed by atoms with Crippen LogP contribution < -0.4 is 11.3 Å². The molecular formula is C11H18N2O2. The minimum absolute atomic E-state index is 0.0261. The molecule has 1 aromatic rings. The molecule has 0 fully saturated rings. The molecule has 0 saturated heterocycles. The van der Waals surface area contributed by atoms with Crippen molar-refractivity contribution in [1.82, 2.24) is 4.57 Å². The largest absolute Gasteiger partial charge is 0.397 e. The van der Waals surface area contributed by atoms with Gasteiger partial charge in [0.1, 0.15) is 0 Å². The molecule has 0 bridgehead atoms. The first-order chi connectivity index (χ1) is 7.15. The minimum atomic E-state index is -0.0261. The third-order valence-electron chi connectivity index (χ3n) is 2.20. The Labute approximate surface area is 89.7 Å². The Morgan fingerprint density at radius 3 is 2.87 bits per heavy atom. The van der Waals surface area contributed by atoms with Crippen molar-refractivity contribution in [3.05, 3.63) is 28.2 Å². The molecule has 0 atom stereocenters. The molecule has 4 nitrogen and oxygen atoms in total. The number of hydrogen-bond acceptors (Lipinski definition) is 3. The van der Waals surface area contributed by atoms with Crippen LogP contribution >= 0.6 is 0 Å². The molecule has 15 heavy (non-hydrogen) atoms. The molecule has 1 heterocycles. The number of rotatable bonds is 5. The van der Waals surface area contributed by atoms with Crippen LogP contribution in [0.15, 0.2) is 17.1 Å². The SMILES string of the molecule is CCCOCCn1cc(N)c(C)cc1=O. The first-order valence-corrected chi connectivity index (χ1v) is 5.19. The van der Waals surface area contributed by atoms with Gasteiger partial charge in [-0.15, -0.1) is 0 Å². The lowest BCUT2D eigenvalue weighted by atomic mass is 10.2. The summed E-state index contributed by atoms with van der Waals surface area (Å²) >= 11 is 0. The van der Waals surface area contributed by atoms with Crippen LogP contribution in [-0.2, 0) is 11.3 Å². The van der Waals surface area contributed by atoms with E-state index in [0.717, 1.165) is 18.6 Å². The van der Waals surface area contributed by atoms with Gasteiger partial charge in [0.2, 0.25) is 0 Å². The number of ether oxygens (including phenoxy) is 1. The van der Waals surface area contributed by atoms with Crippen LogP contribution in [0.1, 0.15) is 18.9 Å². The van der Waals surface area contributed by atoms with E-state index in [1.807, 2.05) is 6.92 Å². The first-order valence-electron chi connectivity index (χ1n) is 5.19. The average molecular weight is 210 g/mol. The Morgan fingerprint density at radius 1 is 1.47 bits per heavy atom. The van der Waals surface area contributed by atoms with E-state index in [1.165, 1.54) is 0 Å². The summed E-state index contributed by atoms with van der Waals surface area (Å²) in [6, 6.07) is 1.55. The zero-order chi connectivity index (χ0) is 11.3. The number of nitrogens with zero attached hydrogens (tertiary/aromatic N) is 1. The lowest BCUT2D eigenvalue weighted by Crippen LogP contribution is -2.22. The van der Waals surface area contributed by atoms with E-state index < -0.39 is 0 Å². The van der Waals surface area contributed by atoms with Gasteiger partial charge in [-0.3, -0.25) is 4.79 Å². The van der Waals surface area contributed by atoms with E-state index in [1.54, 1.807) is 16.8 Å². The predicted octanol–water partition coefficient (Wildman–Crippen LogP) is 1.17. The molecule has 84 valence electrons. The number of nitrogens with two attached hydrogens (primary N) is 1. The fraction of sp³-hybridized carbons (Fsp3) is 0.545. The van der Waals surface area contributed by atoms with Crippen LogP contribution in [0, 0.1) is 6.92 Å². The molecule has 0 aliphatic heterocycles. The quantitative estimate of drug-likeness (QED) is 0.742. The normalized spacial score (nSPS) is 10.5. The van der Waals surface area contributed by atoms with Gasteiger partial charge in [0.05, 0.1) is 12.3 Å². The summed E-state index contributed by atoms with van der Waals surface area (Å²) in [7, 11) is 0. The molecule has 0 aliphatic carbocycles. The molecular weight excluding hydrogens is 192 g/mol. The third kappa shape index (κ3) is 3.40. The number of aryl methyl sites for hydroxylation is 1. The average Bonchev–Trinajstić information content (AvgIpc) is 2.20. The summed E-state index contributed by atoms with van der Waals surface area (Å²) in [5, 5.41) is 0. The number of aromatic nitrogens is 1. The van der Waals surface area contributed by atoms with E-state index in [2.05, 4.69) is 6.92 Å². The summed E-state index contributed by atoms with van der Waals surface area (Å²) < 4.78 is 6.89. The van der Waals surface area contributed by atoms with Crippen molar-refractivity contribution in [2.75, 3.05) is 18.9 Å². The van der Waals surface area contributed by atoms with Crippen molar-refractivity contribution in [3.8, 4) is 0 Å². The summed E-state index contributed by atoms with van der Waals surface area (Å²) in [5.74, 6) is 0. The molecule has 0 radical (unpaired) electrons. The highest BCUT2D eigenvalue weighted by Crippen LogP contribution is 2.04. The highest BCUT2D eigenvalue weighted by Gasteiger charge is 2.00. The molecule has 0 spiro atoms. The lowest BCUT2D eigenvalue weighted by Gasteiger charge is -2.08. The monoisotopic (exact) mass is 210 g/mol. The Morgan fingerprint density at radius 2 is 2.20 bits per heavy atom. The predicted molar refractivity (Wildman–Crippen MR) is 61.0 cm³/mol. The first kappa shape index (κ1) is 11.8. The highest BCUT2D eigenvalue weighted by atomic mass is 16.5. The maximum absolute atomic E-state index is 11.5. The van der Waals surface area contributed by atoms with Gasteiger partial charge in [-0.25, -0.2) is 0 Å². The maximum Gasteiger partial charge on any atom is 0.250 e. The van der Waals surface area contributed by atoms with Gasteiger partial charge in [0, 0.05) is 25.4 Å². The van der Waals surface area contributed by atoms with E-state index in [-0.39, 0.29) is 5.56 Å². The minimum Gasteiger partial charge on any atom is -0.397 e. The molecule has 0 aromatic carbocycles. The van der Waals surface area contributed by atoms with Crippen LogP contribution in [0.2, 0.25) is 0 Å². The van der Waals surface area contributed by atoms with E-state index in [4.69, 9.17) is 10.5 Å². The molecule has 0 unspecified atom stereocenters. The Bertz CT molecular complexity index is 371. The molecule has 2 N–H and O–H groups in total. The Hall–Kier alpha value is -1.29. The van der Waals surface area contributed by atoms with E-state index >= 15 is 0 Å². The molecule has 1 rings (SSSR count). The van der Waals surface area contributed by atoms with Crippen molar-refractivity contribution in [1.29, 1.82) is 0 Å². The van der Waals surface area contributed by atoms with Gasteiger partial charge in [-0.05, 0) is 18.9 Å². The van der Waals surface area contributed by atoms with Gasteiger partial charge in [0.25, 0.3) is 5.56 Å². The molecule has 0 amide bonds. The number of pyridine rings is 1. The zero-order valence-corrected chi connectivity index (χ0v) is 9.32. The Balaban J connectivity index is 2.61. The summed E-state index contributed by atoms with van der Waals surface area (Å²) in [5.41, 5.74) is 7.16. The zero-order valence-electron chi connectivity index (χ0n) is 9.32. The van der Waals surface area contributed by atoms with Crippen molar-refractivity contribution >= 4 is 5.69 Å². The third-order valence-corrected chi connectivity index (χ3v) is 2.20. The van der Waals surface area contributed by atoms with Crippen molar-refractivity contribution in [2.45, 2.75) is 26.8 Å². The summed E-state index contributed by atoms with van der Waals surface area (Å²) in [6.45, 7) is 5.72. The van der Waals surface area contributed by atoms with Gasteiger partial charge in [0.15, 0.2) is 0 Å². The van der Waals surface area contributed by atoms with Crippen LogP contribution in [0.3, 0.4) is 0 Å². The topological polar surface area (TPSA) is 57.2 Å². The second-order valence-corrected chi connectivity index (χ2v) is 3.56. The molecule has 0 saturated carbocycles. The summed E-state index contributed by atoms with van der Waals surface area (Å²) in [4.78, 5) is 11.5. The smallest absolute Gasteiger partial charge is 0.250 e. The van der Waals surface area contributed by atoms with Crippen LogP contribution in [0.4, 0.5) is 5.69 Å². The fourth-order valence-corrected chi connectivity index (χ4v) is 1.27. The standard InChI is InChI=1S/C11H18N2O2/c1-3-5-15-6-4-13-8-10(12)9(2)7-11(13)14/h7-8H,3-6,12H2,1-2H3. The fourth-order valence-electron chi connectivity index (χ4n) is 1.27. The molecule has 4 heteroatoms. The van der Waals surface area contributed by atoms with Gasteiger partial charge >= 0.3 is 0 Å². The number of anilines is 1. The second-order valence-electron chi connectivity index (χ2n) is 3.56. The Kier molecular flexibility index (Phi) is 4.37. The highest BCUT2D eigenvalue weighted by molar-refractivity contribution is 5.42. The van der Waals surface area contributed by atoms with Gasteiger partial charge in [-0.2, -0.15) is 0 Å². The van der Waals surface area contributed by atoms with Crippen LogP contribution in [0.5, 0.6) is 0 Å². The summed E-state index contributed by atoms with van der Waals surface area (Å²) in [6.07, 6.45) is 2.66. The van der Waals surface area contributed by atoms with Crippen molar-refractivity contribution < 1.29 is 4.74 Å². The molecule has 1 aromatic heterocycles. The number of nitrogen functional groups attached to an aromatic ring is 1. The van der Waals surface area contributed by atoms with Crippen LogP contribution in [0.25, 0.3) is 0 Å². The maximum atomic E-state index is 11.5. The van der Waals surface area contributed by atoms with Crippen molar-refractivity contribution in [3.63, 3.8) is 0 Å². The van der Waals surface area contributed by atoms with Crippen molar-refractivity contribution in [2.24, 2.45) is 0 Å². The second kappa shape index (κ2) is 5.56. The van der Waals surface area contributed by atoms with Gasteiger partial charge < -0.3 is 15.0 Å². The van der Waals surface area contributed by atoms with Gasteiger partial charge in [-0.1, -0.05) is 6.92 Å². The lowest BCUT2D eigenvalue weighted by molar-refractivity contribution is 0.126. The van der Waals surface area contributed by atoms with Crippen LogP contribution in [-0.4, -0.2) is 17.8 Å². The van der Waals surface area contributed by atoms with E-state index in [9.17, 15) is 4.79 Å². The number of hydrogen-bond donors (Lipinski definition) is 1. The molecule has 0 aliphatic rings.